The van der Waals surface area contributed by atoms with E-state index in [4.69, 9.17) is 4.99 Å². The number of aliphatic imine (C=N–C) groups is 1. The van der Waals surface area contributed by atoms with Gasteiger partial charge in [-0.25, -0.2) is 4.99 Å². The zero-order valence-electron chi connectivity index (χ0n) is 17.4. The van der Waals surface area contributed by atoms with Gasteiger partial charge < -0.3 is 20.4 Å². The molecule has 3 rings (SSSR count). The molecular formula is C23H31N5O. The van der Waals surface area contributed by atoms with Gasteiger partial charge in [0.15, 0.2) is 5.96 Å². The van der Waals surface area contributed by atoms with Gasteiger partial charge in [-0.3, -0.25) is 4.79 Å². The maximum Gasteiger partial charge on any atom is 0.251 e. The van der Waals surface area contributed by atoms with Gasteiger partial charge in [0.1, 0.15) is 0 Å². The van der Waals surface area contributed by atoms with Crippen LogP contribution in [-0.4, -0.2) is 56.0 Å². The number of carbonyl (C=O) groups is 1. The lowest BCUT2D eigenvalue weighted by Gasteiger charge is -2.37. The summed E-state index contributed by atoms with van der Waals surface area (Å²) in [7, 11) is 0. The van der Waals surface area contributed by atoms with E-state index in [9.17, 15) is 4.79 Å². The van der Waals surface area contributed by atoms with Gasteiger partial charge in [-0.15, -0.1) is 0 Å². The number of carbonyl (C=O) groups excluding carboxylic acids is 1. The Kier molecular flexibility index (Phi) is 7.50. The molecule has 0 bridgehead atoms. The lowest BCUT2D eigenvalue weighted by Crippen LogP contribution is -2.52. The summed E-state index contributed by atoms with van der Waals surface area (Å²) in [5.41, 5.74) is 2.99. The highest BCUT2D eigenvalue weighted by molar-refractivity contribution is 5.94. The molecule has 29 heavy (non-hydrogen) atoms. The van der Waals surface area contributed by atoms with Crippen LogP contribution in [0.25, 0.3) is 0 Å². The number of guanidine groups is 1. The summed E-state index contributed by atoms with van der Waals surface area (Å²) >= 11 is 0. The first-order valence-corrected chi connectivity index (χ1v) is 10.4. The number of nitrogens with zero attached hydrogens (tertiary/aromatic N) is 3. The van der Waals surface area contributed by atoms with E-state index < -0.39 is 0 Å². The van der Waals surface area contributed by atoms with E-state index in [0.717, 1.165) is 44.2 Å². The summed E-state index contributed by atoms with van der Waals surface area (Å²) in [5.74, 6) is 0.894. The first-order chi connectivity index (χ1) is 14.2. The number of hydrogen-bond acceptors (Lipinski definition) is 3. The van der Waals surface area contributed by atoms with Gasteiger partial charge >= 0.3 is 0 Å². The molecule has 0 atom stereocenters. The van der Waals surface area contributed by atoms with E-state index in [-0.39, 0.29) is 5.91 Å². The molecule has 6 heteroatoms. The largest absolute Gasteiger partial charge is 0.368 e. The summed E-state index contributed by atoms with van der Waals surface area (Å²) in [6, 6.07) is 18.2. The molecule has 0 radical (unpaired) electrons. The average molecular weight is 394 g/mol. The SMILES string of the molecule is CCNC(=O)c1cccc(CN=C(NCC)N2CCN(c3ccccc3)CC2)c1. The molecule has 2 aromatic rings. The van der Waals surface area contributed by atoms with Gasteiger partial charge in [0.2, 0.25) is 0 Å². The Morgan fingerprint density at radius 1 is 0.931 bits per heavy atom. The average Bonchev–Trinajstić information content (AvgIpc) is 2.78. The second-order valence-corrected chi connectivity index (χ2v) is 7.04. The molecule has 1 fully saturated rings. The number of amides is 1. The van der Waals surface area contributed by atoms with Crippen LogP contribution in [0.15, 0.2) is 59.6 Å². The highest BCUT2D eigenvalue weighted by Crippen LogP contribution is 2.16. The van der Waals surface area contributed by atoms with Crippen LogP contribution in [0.2, 0.25) is 0 Å². The van der Waals surface area contributed by atoms with Crippen LogP contribution in [0, 0.1) is 0 Å². The summed E-state index contributed by atoms with van der Waals surface area (Å²) in [6.07, 6.45) is 0. The third kappa shape index (κ3) is 5.73. The Labute approximate surface area is 173 Å². The van der Waals surface area contributed by atoms with Crippen molar-refractivity contribution in [2.45, 2.75) is 20.4 Å². The van der Waals surface area contributed by atoms with Gasteiger partial charge in [-0.05, 0) is 43.7 Å². The molecule has 154 valence electrons. The standard InChI is InChI=1S/C23H31N5O/c1-3-24-22(29)20-10-8-9-19(17-20)18-26-23(25-4-2)28-15-13-27(14-16-28)21-11-6-5-7-12-21/h5-12,17H,3-4,13-16,18H2,1-2H3,(H,24,29)(H,25,26). The molecule has 1 aliphatic rings. The number of para-hydroxylation sites is 1. The van der Waals surface area contributed by atoms with E-state index in [2.05, 4.69) is 57.7 Å². The van der Waals surface area contributed by atoms with Crippen LogP contribution < -0.4 is 15.5 Å². The molecule has 1 amide bonds. The number of hydrogen-bond donors (Lipinski definition) is 2. The van der Waals surface area contributed by atoms with Gasteiger partial charge in [-0.1, -0.05) is 30.3 Å². The third-order valence-electron chi connectivity index (χ3n) is 4.97. The van der Waals surface area contributed by atoms with E-state index in [1.165, 1.54) is 5.69 Å². The zero-order valence-corrected chi connectivity index (χ0v) is 17.4. The fraction of sp³-hybridized carbons (Fsp3) is 0.391. The van der Waals surface area contributed by atoms with Crippen molar-refractivity contribution >= 4 is 17.6 Å². The predicted octanol–water partition coefficient (Wildman–Crippen LogP) is 2.72. The van der Waals surface area contributed by atoms with E-state index in [0.29, 0.717) is 18.7 Å². The van der Waals surface area contributed by atoms with Crippen LogP contribution in [0.4, 0.5) is 5.69 Å². The Morgan fingerprint density at radius 2 is 1.66 bits per heavy atom. The van der Waals surface area contributed by atoms with Crippen molar-refractivity contribution in [3.05, 3.63) is 65.7 Å². The molecule has 2 N–H and O–H groups in total. The van der Waals surface area contributed by atoms with Gasteiger partial charge in [-0.2, -0.15) is 0 Å². The van der Waals surface area contributed by atoms with E-state index >= 15 is 0 Å². The second-order valence-electron chi connectivity index (χ2n) is 7.04. The number of piperazine rings is 1. The van der Waals surface area contributed by atoms with Gasteiger partial charge in [0.05, 0.1) is 6.54 Å². The molecule has 0 saturated carbocycles. The number of nitrogens with one attached hydrogen (secondary N) is 2. The van der Waals surface area contributed by atoms with Crippen molar-refractivity contribution in [3.63, 3.8) is 0 Å². The van der Waals surface area contributed by atoms with Crippen molar-refractivity contribution in [3.8, 4) is 0 Å². The van der Waals surface area contributed by atoms with Crippen molar-refractivity contribution in [2.75, 3.05) is 44.2 Å². The molecule has 0 aliphatic carbocycles. The molecule has 0 spiro atoms. The summed E-state index contributed by atoms with van der Waals surface area (Å²) in [4.78, 5) is 21.6. The van der Waals surface area contributed by atoms with Gasteiger partial charge in [0, 0.05) is 50.5 Å². The maximum atomic E-state index is 12.1. The Morgan fingerprint density at radius 3 is 2.34 bits per heavy atom. The molecule has 1 saturated heterocycles. The lowest BCUT2D eigenvalue weighted by molar-refractivity contribution is 0.0955. The highest BCUT2D eigenvalue weighted by atomic mass is 16.1. The Balaban J connectivity index is 1.63. The van der Waals surface area contributed by atoms with Crippen molar-refractivity contribution in [2.24, 2.45) is 4.99 Å². The number of rotatable bonds is 6. The molecule has 6 nitrogen and oxygen atoms in total. The van der Waals surface area contributed by atoms with Crippen molar-refractivity contribution < 1.29 is 4.79 Å². The third-order valence-corrected chi connectivity index (χ3v) is 4.97. The summed E-state index contributed by atoms with van der Waals surface area (Å²) in [6.45, 7) is 9.82. The minimum atomic E-state index is -0.0396. The fourth-order valence-electron chi connectivity index (χ4n) is 3.48. The fourth-order valence-corrected chi connectivity index (χ4v) is 3.48. The normalized spacial score (nSPS) is 14.6. The first-order valence-electron chi connectivity index (χ1n) is 10.4. The quantitative estimate of drug-likeness (QED) is 0.585. The minimum Gasteiger partial charge on any atom is -0.368 e. The predicted molar refractivity (Wildman–Crippen MR) is 119 cm³/mol. The maximum absolute atomic E-state index is 12.1. The molecule has 1 aliphatic heterocycles. The monoisotopic (exact) mass is 393 g/mol. The van der Waals surface area contributed by atoms with Crippen molar-refractivity contribution in [1.82, 2.24) is 15.5 Å². The van der Waals surface area contributed by atoms with Crippen LogP contribution in [0.5, 0.6) is 0 Å². The van der Waals surface area contributed by atoms with Crippen LogP contribution >= 0.6 is 0 Å². The topological polar surface area (TPSA) is 60.0 Å². The smallest absolute Gasteiger partial charge is 0.251 e. The summed E-state index contributed by atoms with van der Waals surface area (Å²) in [5, 5.41) is 6.26. The summed E-state index contributed by atoms with van der Waals surface area (Å²) < 4.78 is 0. The molecule has 0 aromatic heterocycles. The van der Waals surface area contributed by atoms with Crippen LogP contribution in [0.1, 0.15) is 29.8 Å². The van der Waals surface area contributed by atoms with Crippen LogP contribution in [0.3, 0.4) is 0 Å². The van der Waals surface area contributed by atoms with Crippen LogP contribution in [-0.2, 0) is 6.54 Å². The minimum absolute atomic E-state index is 0.0396. The number of anilines is 1. The molecule has 0 unspecified atom stereocenters. The number of benzene rings is 2. The first kappa shape index (κ1) is 20.7. The molecular weight excluding hydrogens is 362 g/mol. The Bertz CT molecular complexity index is 813. The van der Waals surface area contributed by atoms with Gasteiger partial charge in [0.25, 0.3) is 5.91 Å². The highest BCUT2D eigenvalue weighted by Gasteiger charge is 2.19. The second kappa shape index (κ2) is 10.5. The van der Waals surface area contributed by atoms with E-state index in [1.54, 1.807) is 0 Å². The lowest BCUT2D eigenvalue weighted by atomic mass is 10.1. The Hall–Kier alpha value is -3.02. The molecule has 2 aromatic carbocycles. The van der Waals surface area contributed by atoms with Crippen molar-refractivity contribution in [1.29, 1.82) is 0 Å². The zero-order chi connectivity index (χ0) is 20.5. The molecule has 1 heterocycles. The van der Waals surface area contributed by atoms with E-state index in [1.807, 2.05) is 31.2 Å².